The van der Waals surface area contributed by atoms with Crippen LogP contribution < -0.4 is 0 Å². The molecule has 0 spiro atoms. The van der Waals surface area contributed by atoms with Crippen molar-refractivity contribution >= 4 is 12.2 Å². The monoisotopic (exact) mass is 512 g/mol. The fourth-order valence-electron chi connectivity index (χ4n) is 4.09. The Bertz CT molecular complexity index is 842. The molecule has 0 bridgehead atoms. The Balaban J connectivity index is 2.29. The Labute approximate surface area is 200 Å². The zero-order chi connectivity index (χ0) is 26.4. The molecule has 0 radical (unpaired) electrons. The highest BCUT2D eigenvalue weighted by molar-refractivity contribution is 5.69. The second kappa shape index (κ2) is 11.9. The summed E-state index contributed by atoms with van der Waals surface area (Å²) in [5.41, 5.74) is -3.24. The smallest absolute Gasteiger partial charge is 0.416 e. The van der Waals surface area contributed by atoms with Gasteiger partial charge in [0.25, 0.3) is 0 Å². The normalized spacial score (nSPS) is 18.8. The van der Waals surface area contributed by atoms with Gasteiger partial charge in [0.2, 0.25) is 0 Å². The van der Waals surface area contributed by atoms with Gasteiger partial charge in [-0.2, -0.15) is 26.3 Å². The fraction of sp³-hybridized carbons (Fsp3) is 0.652. The van der Waals surface area contributed by atoms with Gasteiger partial charge in [0, 0.05) is 25.2 Å². The molecule has 1 aliphatic rings. The molecule has 0 saturated carbocycles. The van der Waals surface area contributed by atoms with Crippen molar-refractivity contribution in [1.29, 1.82) is 0 Å². The van der Waals surface area contributed by atoms with Crippen LogP contribution in [0.1, 0.15) is 62.6 Å². The highest BCUT2D eigenvalue weighted by Gasteiger charge is 2.39. The molecule has 1 aromatic carbocycles. The van der Waals surface area contributed by atoms with E-state index in [1.165, 1.54) is 0 Å². The van der Waals surface area contributed by atoms with Crippen molar-refractivity contribution in [3.8, 4) is 0 Å². The van der Waals surface area contributed by atoms with Gasteiger partial charge >= 0.3 is 24.5 Å². The Kier molecular flexibility index (Phi) is 9.68. The summed E-state index contributed by atoms with van der Waals surface area (Å²) in [6, 6.07) is 0.367. The second-order valence-corrected chi connectivity index (χ2v) is 8.41. The van der Waals surface area contributed by atoms with Crippen LogP contribution in [-0.4, -0.2) is 54.3 Å². The van der Waals surface area contributed by atoms with Crippen molar-refractivity contribution in [2.75, 3.05) is 20.3 Å². The molecule has 2 unspecified atom stereocenters. The Morgan fingerprint density at radius 2 is 1.66 bits per heavy atom. The van der Waals surface area contributed by atoms with Crippen LogP contribution in [0.5, 0.6) is 0 Å². The molecule has 0 aliphatic carbocycles. The van der Waals surface area contributed by atoms with Gasteiger partial charge in [0.1, 0.15) is 0 Å². The van der Waals surface area contributed by atoms with E-state index in [-0.39, 0.29) is 43.7 Å². The van der Waals surface area contributed by atoms with Gasteiger partial charge in [0.15, 0.2) is 0 Å². The molecule has 1 heterocycles. The van der Waals surface area contributed by atoms with Crippen molar-refractivity contribution < 1.29 is 45.4 Å². The Hall–Kier alpha value is -2.66. The summed E-state index contributed by atoms with van der Waals surface area (Å²) in [7, 11) is 1.08. The predicted molar refractivity (Wildman–Crippen MR) is 114 cm³/mol. The van der Waals surface area contributed by atoms with E-state index in [2.05, 4.69) is 0 Å². The number of halogens is 6. The van der Waals surface area contributed by atoms with E-state index in [4.69, 9.17) is 9.47 Å². The third kappa shape index (κ3) is 7.66. The fourth-order valence-corrected chi connectivity index (χ4v) is 4.09. The molecule has 0 N–H and O–H groups in total. The van der Waals surface area contributed by atoms with Crippen LogP contribution in [0.25, 0.3) is 0 Å². The summed E-state index contributed by atoms with van der Waals surface area (Å²) in [6.45, 7) is 3.78. The average Bonchev–Trinajstić information content (AvgIpc) is 2.80. The number of alkyl halides is 6. The summed E-state index contributed by atoms with van der Waals surface area (Å²) in [5.74, 6) is 0. The topological polar surface area (TPSA) is 59.1 Å². The number of piperidine rings is 1. The lowest BCUT2D eigenvalue weighted by Crippen LogP contribution is -2.53. The SMILES string of the molecule is CCCCOC(=O)N1CCC(N(Cc2cc(C(F)(F)F)cc(C(F)(F)F)c2)C(=O)OC)CC1CC. The van der Waals surface area contributed by atoms with E-state index in [9.17, 15) is 35.9 Å². The number of carbonyl (C=O) groups excluding carboxylic acids is 2. The van der Waals surface area contributed by atoms with Gasteiger partial charge < -0.3 is 19.3 Å². The van der Waals surface area contributed by atoms with E-state index in [0.29, 0.717) is 25.0 Å². The lowest BCUT2D eigenvalue weighted by atomic mass is 9.94. The Morgan fingerprint density at radius 3 is 2.14 bits per heavy atom. The zero-order valence-corrected chi connectivity index (χ0v) is 19.8. The number of benzene rings is 1. The number of hydrogen-bond donors (Lipinski definition) is 0. The maximum atomic E-state index is 13.3. The van der Waals surface area contributed by atoms with Crippen LogP contribution in [0, 0.1) is 0 Å². The minimum atomic E-state index is -5.00. The number of carbonyl (C=O) groups is 2. The maximum Gasteiger partial charge on any atom is 0.416 e. The van der Waals surface area contributed by atoms with Gasteiger partial charge in [-0.3, -0.25) is 0 Å². The summed E-state index contributed by atoms with van der Waals surface area (Å²) in [4.78, 5) is 27.6. The largest absolute Gasteiger partial charge is 0.453 e. The minimum Gasteiger partial charge on any atom is -0.453 e. The predicted octanol–water partition coefficient (Wildman–Crippen LogP) is 6.47. The van der Waals surface area contributed by atoms with Gasteiger partial charge in [-0.1, -0.05) is 20.3 Å². The molecule has 2 atom stereocenters. The summed E-state index contributed by atoms with van der Waals surface area (Å²) in [6.07, 6.45) is -8.73. The third-order valence-corrected chi connectivity index (χ3v) is 5.97. The first kappa shape index (κ1) is 28.6. The number of ether oxygens (including phenoxy) is 2. The van der Waals surface area contributed by atoms with Gasteiger partial charge in [-0.15, -0.1) is 0 Å². The number of rotatable bonds is 7. The van der Waals surface area contributed by atoms with Crippen LogP contribution in [0.15, 0.2) is 18.2 Å². The molecule has 6 nitrogen and oxygen atoms in total. The van der Waals surface area contributed by atoms with Crippen LogP contribution in [-0.2, 0) is 28.4 Å². The Morgan fingerprint density at radius 1 is 1.06 bits per heavy atom. The van der Waals surface area contributed by atoms with Crippen LogP contribution >= 0.6 is 0 Å². The maximum absolute atomic E-state index is 13.3. The molecular weight excluding hydrogens is 482 g/mol. The van der Waals surface area contributed by atoms with Gasteiger partial charge in [0.05, 0.1) is 24.8 Å². The zero-order valence-electron chi connectivity index (χ0n) is 19.8. The van der Waals surface area contributed by atoms with Crippen LogP contribution in [0.4, 0.5) is 35.9 Å². The van der Waals surface area contributed by atoms with Crippen molar-refractivity contribution in [2.24, 2.45) is 0 Å². The molecule has 12 heteroatoms. The quantitative estimate of drug-likeness (QED) is 0.310. The number of unbranched alkanes of at least 4 members (excludes halogenated alkanes) is 1. The molecule has 2 amide bonds. The first-order valence-corrected chi connectivity index (χ1v) is 11.4. The highest BCUT2D eigenvalue weighted by Crippen LogP contribution is 2.37. The number of hydrogen-bond acceptors (Lipinski definition) is 4. The molecule has 1 fully saturated rings. The van der Waals surface area contributed by atoms with E-state index in [0.717, 1.165) is 18.4 Å². The molecule has 2 rings (SSSR count). The van der Waals surface area contributed by atoms with Gasteiger partial charge in [-0.25, -0.2) is 9.59 Å². The average molecular weight is 512 g/mol. The standard InChI is InChI=1S/C23H30F6N2O4/c1-4-6-9-35-21(33)30-8-7-19(13-18(30)5-2)31(20(32)34-3)14-15-10-16(22(24,25)26)12-17(11-15)23(27,28)29/h10-12,18-19H,4-9,13-14H2,1-3H3. The molecule has 1 saturated heterocycles. The van der Waals surface area contributed by atoms with Crippen LogP contribution in [0.2, 0.25) is 0 Å². The van der Waals surface area contributed by atoms with E-state index < -0.39 is 48.3 Å². The van der Waals surface area contributed by atoms with Crippen molar-refractivity contribution in [1.82, 2.24) is 9.80 Å². The summed E-state index contributed by atoms with van der Waals surface area (Å²) in [5, 5.41) is 0. The number of nitrogens with zero attached hydrogens (tertiary/aromatic N) is 2. The van der Waals surface area contributed by atoms with E-state index in [1.54, 1.807) is 4.90 Å². The van der Waals surface area contributed by atoms with Gasteiger partial charge in [-0.05, 0) is 49.4 Å². The van der Waals surface area contributed by atoms with E-state index in [1.807, 2.05) is 13.8 Å². The molecule has 1 aliphatic heterocycles. The van der Waals surface area contributed by atoms with Crippen molar-refractivity contribution in [3.05, 3.63) is 34.9 Å². The highest BCUT2D eigenvalue weighted by atomic mass is 19.4. The third-order valence-electron chi connectivity index (χ3n) is 5.97. The lowest BCUT2D eigenvalue weighted by molar-refractivity contribution is -0.143. The molecule has 0 aromatic heterocycles. The molecular formula is C23H30F6N2O4. The molecule has 1 aromatic rings. The van der Waals surface area contributed by atoms with Crippen molar-refractivity contribution in [3.63, 3.8) is 0 Å². The second-order valence-electron chi connectivity index (χ2n) is 8.41. The van der Waals surface area contributed by atoms with Crippen molar-refractivity contribution in [2.45, 2.75) is 76.9 Å². The lowest BCUT2D eigenvalue weighted by Gasteiger charge is -2.42. The number of methoxy groups -OCH3 is 1. The summed E-state index contributed by atoms with van der Waals surface area (Å²) < 4.78 is 89.6. The number of likely N-dealkylation sites (tertiary alicyclic amines) is 1. The number of amides is 2. The molecule has 198 valence electrons. The first-order chi connectivity index (χ1) is 16.3. The minimum absolute atomic E-state index is 0.0434. The first-order valence-electron chi connectivity index (χ1n) is 11.4. The molecule has 35 heavy (non-hydrogen) atoms. The van der Waals surface area contributed by atoms with Crippen LogP contribution in [0.3, 0.4) is 0 Å². The van der Waals surface area contributed by atoms with E-state index >= 15 is 0 Å². The summed E-state index contributed by atoms with van der Waals surface area (Å²) >= 11 is 0.